The molecule has 0 amide bonds. The molecule has 0 N–H and O–H groups in total. The second-order valence-corrected chi connectivity index (χ2v) is 2.39. The lowest BCUT2D eigenvalue weighted by atomic mass is 10.4. The fourth-order valence-electron chi connectivity index (χ4n) is 0.996. The highest BCUT2D eigenvalue weighted by molar-refractivity contribution is 5.56. The summed E-state index contributed by atoms with van der Waals surface area (Å²) in [6.45, 7) is 0. The maximum absolute atomic E-state index is 12.1. The first-order chi connectivity index (χ1) is 4.93. The van der Waals surface area contributed by atoms with E-state index in [-0.39, 0.29) is 0 Å². The van der Waals surface area contributed by atoms with Crippen LogP contribution in [0.5, 0.6) is 0 Å². The van der Waals surface area contributed by atoms with Crippen molar-refractivity contribution in [3.05, 3.63) is 0 Å². The summed E-state index contributed by atoms with van der Waals surface area (Å²) in [6.07, 6.45) is -4.71. The Morgan fingerprint density at radius 3 is 2.09 bits per heavy atom. The van der Waals surface area contributed by atoms with Gasteiger partial charge >= 0.3 is 6.18 Å². The molecule has 1 aliphatic rings. The maximum Gasteiger partial charge on any atom is 0.429 e. The summed E-state index contributed by atoms with van der Waals surface area (Å²) in [4.78, 5) is 1.01. The molecule has 0 aromatic heterocycles. The van der Waals surface area contributed by atoms with Crippen LogP contribution in [0.15, 0.2) is 5.10 Å². The number of hydrogen-bond acceptors (Lipinski definition) is 3. The summed E-state index contributed by atoms with van der Waals surface area (Å²) < 4.78 is 36.3. The molecule has 0 bridgehead atoms. The van der Waals surface area contributed by atoms with E-state index < -0.39 is 12.3 Å². The summed E-state index contributed by atoms with van der Waals surface area (Å²) >= 11 is 0. The molecule has 0 fully saturated rings. The Balaban J connectivity index is 2.74. The molecule has 1 heterocycles. The van der Waals surface area contributed by atoms with Crippen molar-refractivity contribution in [1.29, 1.82) is 0 Å². The molecule has 0 aromatic carbocycles. The van der Waals surface area contributed by atoms with Crippen molar-refractivity contribution in [3.63, 3.8) is 0 Å². The molecular weight excluding hydrogens is 159 g/mol. The van der Waals surface area contributed by atoms with Crippen LogP contribution in [0.3, 0.4) is 0 Å². The van der Waals surface area contributed by atoms with Gasteiger partial charge in [0.2, 0.25) is 6.17 Å². The summed E-state index contributed by atoms with van der Waals surface area (Å²) in [5.41, 5.74) is 0. The van der Waals surface area contributed by atoms with E-state index in [4.69, 9.17) is 0 Å². The van der Waals surface area contributed by atoms with Gasteiger partial charge < -0.3 is 4.90 Å². The van der Waals surface area contributed by atoms with Crippen LogP contribution in [-0.4, -0.2) is 42.7 Å². The normalized spacial score (nSPS) is 25.0. The molecule has 0 aliphatic carbocycles. The molecule has 1 atom stereocenters. The fourth-order valence-corrected chi connectivity index (χ4v) is 0.996. The minimum atomic E-state index is -4.25. The zero-order valence-corrected chi connectivity index (χ0v) is 6.13. The van der Waals surface area contributed by atoms with E-state index in [1.54, 1.807) is 0 Å². The molecule has 0 saturated carbocycles. The minimum absolute atomic E-state index is 0.875. The van der Waals surface area contributed by atoms with Gasteiger partial charge in [-0.1, -0.05) is 0 Å². The van der Waals surface area contributed by atoms with Gasteiger partial charge in [0.1, 0.15) is 6.34 Å². The largest absolute Gasteiger partial charge is 0.429 e. The van der Waals surface area contributed by atoms with Crippen LogP contribution in [0.4, 0.5) is 13.2 Å². The van der Waals surface area contributed by atoms with E-state index in [1.165, 1.54) is 14.1 Å². The molecule has 3 nitrogen and oxygen atoms in total. The van der Waals surface area contributed by atoms with Gasteiger partial charge in [-0.25, -0.2) is 0 Å². The highest BCUT2D eigenvalue weighted by Gasteiger charge is 2.46. The van der Waals surface area contributed by atoms with Crippen LogP contribution in [0.25, 0.3) is 0 Å². The Kier molecular flexibility index (Phi) is 1.69. The van der Waals surface area contributed by atoms with Crippen LogP contribution in [0, 0.1) is 0 Å². The Bertz CT molecular complexity index is 164. The molecule has 1 rings (SSSR count). The first-order valence-corrected chi connectivity index (χ1v) is 2.98. The first kappa shape index (κ1) is 8.16. The monoisotopic (exact) mass is 167 g/mol. The van der Waals surface area contributed by atoms with Crippen LogP contribution in [0.2, 0.25) is 0 Å². The quantitative estimate of drug-likeness (QED) is 0.528. The topological polar surface area (TPSA) is 18.8 Å². The molecule has 0 radical (unpaired) electrons. The number of halogens is 3. The predicted octanol–water partition coefficient (Wildman–Crippen LogP) is 0.695. The lowest BCUT2D eigenvalue weighted by molar-refractivity contribution is -0.200. The Morgan fingerprint density at radius 2 is 1.91 bits per heavy atom. The number of rotatable bonds is 0. The third-order valence-corrected chi connectivity index (χ3v) is 1.45. The van der Waals surface area contributed by atoms with Crippen molar-refractivity contribution < 1.29 is 13.2 Å². The van der Waals surface area contributed by atoms with Crippen molar-refractivity contribution in [2.75, 3.05) is 14.1 Å². The van der Waals surface area contributed by atoms with Gasteiger partial charge in [0, 0.05) is 14.1 Å². The summed E-state index contributed by atoms with van der Waals surface area (Å²) in [7, 11) is 2.63. The number of hydrazone groups is 1. The van der Waals surface area contributed by atoms with E-state index in [0.29, 0.717) is 0 Å². The second kappa shape index (κ2) is 2.28. The molecule has 0 saturated heterocycles. The van der Waals surface area contributed by atoms with Gasteiger partial charge in [-0.15, -0.1) is 0 Å². The van der Waals surface area contributed by atoms with E-state index in [0.717, 1.165) is 16.2 Å². The van der Waals surface area contributed by atoms with Crippen molar-refractivity contribution in [1.82, 2.24) is 9.91 Å². The minimum Gasteiger partial charge on any atom is -0.335 e. The predicted molar refractivity (Wildman–Crippen MR) is 33.9 cm³/mol. The highest BCUT2D eigenvalue weighted by atomic mass is 19.4. The van der Waals surface area contributed by atoms with Gasteiger partial charge in [0.05, 0.1) is 0 Å². The van der Waals surface area contributed by atoms with E-state index >= 15 is 0 Å². The van der Waals surface area contributed by atoms with Crippen molar-refractivity contribution >= 4 is 6.34 Å². The van der Waals surface area contributed by atoms with Crippen molar-refractivity contribution in [2.45, 2.75) is 12.3 Å². The molecule has 6 heteroatoms. The molecule has 0 aromatic rings. The van der Waals surface area contributed by atoms with Gasteiger partial charge in [-0.2, -0.15) is 18.3 Å². The average Bonchev–Trinajstić information content (AvgIpc) is 2.08. The smallest absolute Gasteiger partial charge is 0.335 e. The average molecular weight is 167 g/mol. The molecular formula is C5H8F3N3. The van der Waals surface area contributed by atoms with Crippen molar-refractivity contribution in [3.8, 4) is 0 Å². The Hall–Kier alpha value is -0.940. The highest BCUT2D eigenvalue weighted by Crippen LogP contribution is 2.27. The van der Waals surface area contributed by atoms with E-state index in [2.05, 4.69) is 5.10 Å². The van der Waals surface area contributed by atoms with Crippen LogP contribution in [0.1, 0.15) is 0 Å². The standard InChI is InChI=1S/C5H8F3N3/c1-10-3-9-11(2)4(10)5(6,7)8/h3-4H,1-2H3. The first-order valence-electron chi connectivity index (χ1n) is 2.98. The molecule has 0 spiro atoms. The lowest BCUT2D eigenvalue weighted by Crippen LogP contribution is -2.47. The zero-order chi connectivity index (χ0) is 8.65. The second-order valence-electron chi connectivity index (χ2n) is 2.39. The Morgan fingerprint density at radius 1 is 1.36 bits per heavy atom. The van der Waals surface area contributed by atoms with Crippen LogP contribution < -0.4 is 0 Å². The SMILES string of the molecule is CN1C=NN(C)C1C(F)(F)F. The summed E-state index contributed by atoms with van der Waals surface area (Å²) in [5, 5.41) is 4.35. The molecule has 1 aliphatic heterocycles. The molecule has 1 unspecified atom stereocenters. The van der Waals surface area contributed by atoms with E-state index in [9.17, 15) is 13.2 Å². The number of alkyl halides is 3. The van der Waals surface area contributed by atoms with Gasteiger partial charge in [0.25, 0.3) is 0 Å². The fraction of sp³-hybridized carbons (Fsp3) is 0.800. The lowest BCUT2D eigenvalue weighted by Gasteiger charge is -2.26. The zero-order valence-electron chi connectivity index (χ0n) is 6.13. The summed E-state index contributed by atoms with van der Waals surface area (Å²) in [5.74, 6) is 0. The van der Waals surface area contributed by atoms with Crippen LogP contribution in [-0.2, 0) is 0 Å². The van der Waals surface area contributed by atoms with Gasteiger partial charge in [0.15, 0.2) is 0 Å². The van der Waals surface area contributed by atoms with Gasteiger partial charge in [-0.05, 0) is 0 Å². The third-order valence-electron chi connectivity index (χ3n) is 1.45. The number of nitrogens with zero attached hydrogens (tertiary/aromatic N) is 3. The molecule has 64 valence electrons. The molecule has 11 heavy (non-hydrogen) atoms. The van der Waals surface area contributed by atoms with Crippen molar-refractivity contribution in [2.24, 2.45) is 5.10 Å². The third kappa shape index (κ3) is 1.38. The summed E-state index contributed by atoms with van der Waals surface area (Å²) in [6, 6.07) is 0. The van der Waals surface area contributed by atoms with Crippen LogP contribution >= 0.6 is 0 Å². The number of hydrogen-bond donors (Lipinski definition) is 0. The maximum atomic E-state index is 12.1. The van der Waals surface area contributed by atoms with Gasteiger partial charge in [-0.3, -0.25) is 5.01 Å². The van der Waals surface area contributed by atoms with E-state index in [1.807, 2.05) is 0 Å². The Labute approximate surface area is 62.1 Å².